The Bertz CT molecular complexity index is 1340. The van der Waals surface area contributed by atoms with Crippen molar-refractivity contribution in [3.8, 4) is 11.3 Å². The van der Waals surface area contributed by atoms with Crippen LogP contribution in [0, 0.1) is 11.6 Å². The molecule has 5 rings (SSSR count). The van der Waals surface area contributed by atoms with Crippen LogP contribution in [-0.2, 0) is 11.4 Å². The lowest BCUT2D eigenvalue weighted by Crippen LogP contribution is -2.39. The number of aromatic nitrogens is 3. The number of H-pyrrole nitrogens is 1. The van der Waals surface area contributed by atoms with Gasteiger partial charge in [0, 0.05) is 35.0 Å². The van der Waals surface area contributed by atoms with Crippen LogP contribution >= 0.6 is 11.6 Å². The summed E-state index contributed by atoms with van der Waals surface area (Å²) < 4.78 is 56.5. The fourth-order valence-electron chi connectivity index (χ4n) is 4.92. The SMILES string of the molecule is O=C1C=C(c2c(C(F)F)ccc(Cl)c2F)C[C@H]2CC[C@@H](c3ncc(-c4ccnc(CO)c4F)[nH]3)N12. The molecule has 1 amide bonds. The molecule has 6 nitrogen and oxygen atoms in total. The van der Waals surface area contributed by atoms with Gasteiger partial charge >= 0.3 is 0 Å². The number of aliphatic hydroxyl groups is 1. The van der Waals surface area contributed by atoms with E-state index in [0.29, 0.717) is 24.4 Å². The molecular weight excluding hydrogens is 488 g/mol. The van der Waals surface area contributed by atoms with Crippen molar-refractivity contribution in [2.75, 3.05) is 0 Å². The summed E-state index contributed by atoms with van der Waals surface area (Å²) in [6, 6.07) is 2.81. The molecule has 1 aromatic carbocycles. The molecule has 1 saturated heterocycles. The highest BCUT2D eigenvalue weighted by Crippen LogP contribution is 2.44. The molecule has 35 heavy (non-hydrogen) atoms. The first-order valence-corrected chi connectivity index (χ1v) is 11.3. The lowest BCUT2D eigenvalue weighted by molar-refractivity contribution is -0.129. The summed E-state index contributed by atoms with van der Waals surface area (Å²) in [5.41, 5.74) is -0.201. The quantitative estimate of drug-likeness (QED) is 0.457. The number of aromatic amines is 1. The van der Waals surface area contributed by atoms with Gasteiger partial charge in [0.2, 0.25) is 5.91 Å². The van der Waals surface area contributed by atoms with Gasteiger partial charge in [-0.15, -0.1) is 0 Å². The maximum atomic E-state index is 14.8. The Hall–Kier alpha value is -3.24. The number of hydrogen-bond donors (Lipinski definition) is 2. The number of alkyl halides is 2. The molecule has 2 aromatic heterocycles. The second-order valence-corrected chi connectivity index (χ2v) is 8.86. The molecule has 0 spiro atoms. The number of aliphatic hydroxyl groups excluding tert-OH is 1. The Balaban J connectivity index is 1.46. The maximum absolute atomic E-state index is 14.8. The number of halogens is 5. The minimum Gasteiger partial charge on any atom is -0.390 e. The standard InChI is InChI=1S/C24H19ClF4N4O2/c25-15-3-2-14(23(28)29)20(22(15)27)11-7-12-1-4-18(33(12)19(35)8-11)24-31-9-16(32-24)13-5-6-30-17(10-34)21(13)26/h2-3,5-6,8-9,12,18,23,34H,1,4,7,10H2,(H,31,32)/t12-,18+/m1/s1. The van der Waals surface area contributed by atoms with Crippen LogP contribution in [0.2, 0.25) is 5.02 Å². The van der Waals surface area contributed by atoms with Gasteiger partial charge in [-0.2, -0.15) is 0 Å². The summed E-state index contributed by atoms with van der Waals surface area (Å²) >= 11 is 5.84. The molecule has 0 bridgehead atoms. The number of amides is 1. The van der Waals surface area contributed by atoms with Crippen LogP contribution in [0.4, 0.5) is 17.6 Å². The van der Waals surface area contributed by atoms with Crippen LogP contribution in [0.15, 0.2) is 36.7 Å². The third-order valence-electron chi connectivity index (χ3n) is 6.51. The molecule has 3 aromatic rings. The Morgan fingerprint density at radius 3 is 2.71 bits per heavy atom. The molecular formula is C24H19ClF4N4O2. The smallest absolute Gasteiger partial charge is 0.264 e. The molecule has 182 valence electrons. The number of fused-ring (bicyclic) bond motifs is 1. The summed E-state index contributed by atoms with van der Waals surface area (Å²) in [5.74, 6) is -1.65. The summed E-state index contributed by atoms with van der Waals surface area (Å²) in [7, 11) is 0. The number of imidazole rings is 1. The van der Waals surface area contributed by atoms with Crippen LogP contribution in [0.25, 0.3) is 16.8 Å². The zero-order valence-corrected chi connectivity index (χ0v) is 18.9. The molecule has 0 radical (unpaired) electrons. The molecule has 0 saturated carbocycles. The van der Waals surface area contributed by atoms with Crippen LogP contribution in [-0.4, -0.2) is 36.9 Å². The fraction of sp³-hybridized carbons (Fsp3) is 0.292. The lowest BCUT2D eigenvalue weighted by atomic mass is 9.90. The first-order valence-electron chi connectivity index (χ1n) is 10.9. The van der Waals surface area contributed by atoms with Crippen molar-refractivity contribution in [2.45, 2.75) is 44.4 Å². The van der Waals surface area contributed by atoms with Crippen molar-refractivity contribution in [1.29, 1.82) is 0 Å². The lowest BCUT2D eigenvalue weighted by Gasteiger charge is -2.33. The van der Waals surface area contributed by atoms with Crippen LogP contribution in [0.1, 0.15) is 54.4 Å². The number of carbonyl (C=O) groups is 1. The highest BCUT2D eigenvalue weighted by atomic mass is 35.5. The predicted molar refractivity (Wildman–Crippen MR) is 119 cm³/mol. The number of nitrogens with zero attached hydrogens (tertiary/aromatic N) is 3. The van der Waals surface area contributed by atoms with Gasteiger partial charge in [0.1, 0.15) is 17.3 Å². The Morgan fingerprint density at radius 2 is 1.97 bits per heavy atom. The molecule has 2 atom stereocenters. The van der Waals surface area contributed by atoms with Crippen molar-refractivity contribution in [3.05, 3.63) is 76.0 Å². The van der Waals surface area contributed by atoms with Gasteiger partial charge in [0.15, 0.2) is 5.82 Å². The molecule has 0 unspecified atom stereocenters. The van der Waals surface area contributed by atoms with Gasteiger partial charge in [0.25, 0.3) is 6.43 Å². The molecule has 1 fully saturated rings. The highest BCUT2D eigenvalue weighted by Gasteiger charge is 2.42. The zero-order chi connectivity index (χ0) is 24.9. The van der Waals surface area contributed by atoms with Crippen molar-refractivity contribution in [1.82, 2.24) is 19.9 Å². The van der Waals surface area contributed by atoms with E-state index in [1.54, 1.807) is 4.90 Å². The van der Waals surface area contributed by atoms with E-state index in [2.05, 4.69) is 15.0 Å². The van der Waals surface area contributed by atoms with Crippen molar-refractivity contribution < 1.29 is 27.5 Å². The van der Waals surface area contributed by atoms with Gasteiger partial charge < -0.3 is 15.0 Å². The number of nitrogens with one attached hydrogen (secondary N) is 1. The average molecular weight is 507 g/mol. The van der Waals surface area contributed by atoms with E-state index in [-0.39, 0.29) is 39.9 Å². The summed E-state index contributed by atoms with van der Waals surface area (Å²) in [6.07, 6.45) is 2.33. The van der Waals surface area contributed by atoms with E-state index in [1.807, 2.05) is 0 Å². The van der Waals surface area contributed by atoms with Gasteiger partial charge in [-0.25, -0.2) is 22.5 Å². The molecule has 2 aliphatic rings. The second-order valence-electron chi connectivity index (χ2n) is 8.45. The van der Waals surface area contributed by atoms with Crippen molar-refractivity contribution in [2.24, 2.45) is 0 Å². The molecule has 4 heterocycles. The van der Waals surface area contributed by atoms with E-state index >= 15 is 0 Å². The Kier molecular flexibility index (Phi) is 6.10. The van der Waals surface area contributed by atoms with Crippen LogP contribution in [0.3, 0.4) is 0 Å². The predicted octanol–water partition coefficient (Wildman–Crippen LogP) is 5.35. The summed E-state index contributed by atoms with van der Waals surface area (Å²) in [4.78, 5) is 25.9. The molecule has 2 aliphatic heterocycles. The number of pyridine rings is 1. The fourth-order valence-corrected chi connectivity index (χ4v) is 5.08. The Labute approximate surface area is 202 Å². The van der Waals surface area contributed by atoms with E-state index in [1.165, 1.54) is 24.5 Å². The van der Waals surface area contributed by atoms with Crippen LogP contribution in [0.5, 0.6) is 0 Å². The third kappa shape index (κ3) is 4.00. The van der Waals surface area contributed by atoms with Gasteiger partial charge in [-0.05, 0) is 37.0 Å². The maximum Gasteiger partial charge on any atom is 0.264 e. The number of carbonyl (C=O) groups excluding carboxylic acids is 1. The second kappa shape index (κ2) is 9.09. The molecule has 2 N–H and O–H groups in total. The molecule has 0 aliphatic carbocycles. The average Bonchev–Trinajstić information content (AvgIpc) is 3.48. The summed E-state index contributed by atoms with van der Waals surface area (Å²) in [5, 5.41) is 8.97. The van der Waals surface area contributed by atoms with Crippen LogP contribution < -0.4 is 0 Å². The van der Waals surface area contributed by atoms with Gasteiger partial charge in [-0.3, -0.25) is 9.78 Å². The first-order chi connectivity index (χ1) is 16.8. The molecule has 11 heteroatoms. The topological polar surface area (TPSA) is 82.1 Å². The van der Waals surface area contributed by atoms with Gasteiger partial charge in [0.05, 0.1) is 29.6 Å². The number of rotatable bonds is 5. The van der Waals surface area contributed by atoms with Crippen molar-refractivity contribution in [3.63, 3.8) is 0 Å². The zero-order valence-electron chi connectivity index (χ0n) is 18.1. The number of benzene rings is 1. The third-order valence-corrected chi connectivity index (χ3v) is 6.80. The highest BCUT2D eigenvalue weighted by molar-refractivity contribution is 6.31. The van der Waals surface area contributed by atoms with E-state index in [9.17, 15) is 27.5 Å². The normalized spacial score (nSPS) is 19.9. The first kappa shape index (κ1) is 23.5. The number of hydrogen-bond acceptors (Lipinski definition) is 4. The van der Waals surface area contributed by atoms with E-state index in [4.69, 9.17) is 11.6 Å². The minimum atomic E-state index is -2.93. The summed E-state index contributed by atoms with van der Waals surface area (Å²) in [6.45, 7) is -0.553. The monoisotopic (exact) mass is 506 g/mol. The largest absolute Gasteiger partial charge is 0.390 e. The van der Waals surface area contributed by atoms with E-state index in [0.717, 1.165) is 12.1 Å². The van der Waals surface area contributed by atoms with E-state index < -0.39 is 42.2 Å². The minimum absolute atomic E-state index is 0.0973. The van der Waals surface area contributed by atoms with Gasteiger partial charge in [-0.1, -0.05) is 17.7 Å². The Morgan fingerprint density at radius 1 is 1.17 bits per heavy atom. The van der Waals surface area contributed by atoms with Crippen molar-refractivity contribution >= 4 is 23.1 Å².